The molecule has 0 aliphatic carbocycles. The first-order chi connectivity index (χ1) is 9.66. The van der Waals surface area contributed by atoms with Crippen LogP contribution in [0, 0.1) is 6.92 Å². The Morgan fingerprint density at radius 2 is 1.95 bits per heavy atom. The van der Waals surface area contributed by atoms with Gasteiger partial charge in [0.25, 0.3) is 5.91 Å². The Balaban J connectivity index is 1.87. The number of hydrogen-bond acceptors (Lipinski definition) is 3. The molecule has 0 atom stereocenters. The van der Waals surface area contributed by atoms with Gasteiger partial charge in [-0.1, -0.05) is 24.3 Å². The number of aryl methyl sites for hydroxylation is 1. The maximum absolute atomic E-state index is 12.0. The van der Waals surface area contributed by atoms with E-state index in [4.69, 9.17) is 4.74 Å². The smallest absolute Gasteiger partial charge is 0.260 e. The van der Waals surface area contributed by atoms with Crippen LogP contribution >= 0.6 is 0 Å². The molecular formula is C16H18N2O2. The Bertz CT molecular complexity index is 570. The van der Waals surface area contributed by atoms with Crippen molar-refractivity contribution in [2.45, 2.75) is 13.5 Å². The molecule has 1 aromatic heterocycles. The third-order valence-electron chi connectivity index (χ3n) is 3.00. The van der Waals surface area contributed by atoms with Crippen molar-refractivity contribution in [2.75, 3.05) is 13.7 Å². The number of benzene rings is 1. The normalized spacial score (nSPS) is 10.1. The molecule has 4 heteroatoms. The lowest BCUT2D eigenvalue weighted by Crippen LogP contribution is -2.31. The van der Waals surface area contributed by atoms with E-state index in [9.17, 15) is 4.79 Å². The Hall–Kier alpha value is -2.36. The molecule has 2 rings (SSSR count). The monoisotopic (exact) mass is 270 g/mol. The lowest BCUT2D eigenvalue weighted by molar-refractivity contribution is -0.132. The van der Waals surface area contributed by atoms with Crippen LogP contribution in [-0.4, -0.2) is 29.4 Å². The van der Waals surface area contributed by atoms with Crippen molar-refractivity contribution >= 4 is 5.91 Å². The van der Waals surface area contributed by atoms with E-state index in [2.05, 4.69) is 4.98 Å². The van der Waals surface area contributed by atoms with Crippen LogP contribution in [0.4, 0.5) is 0 Å². The van der Waals surface area contributed by atoms with E-state index < -0.39 is 0 Å². The van der Waals surface area contributed by atoms with Crippen LogP contribution in [0.2, 0.25) is 0 Å². The Morgan fingerprint density at radius 1 is 1.20 bits per heavy atom. The molecule has 20 heavy (non-hydrogen) atoms. The predicted octanol–water partition coefficient (Wildman–Crippen LogP) is 2.43. The minimum atomic E-state index is -0.0705. The first kappa shape index (κ1) is 14.1. The first-order valence-corrected chi connectivity index (χ1v) is 6.49. The molecular weight excluding hydrogens is 252 g/mol. The van der Waals surface area contributed by atoms with Crippen LogP contribution in [0.3, 0.4) is 0 Å². The summed E-state index contributed by atoms with van der Waals surface area (Å²) >= 11 is 0. The molecule has 0 fully saturated rings. The number of pyridine rings is 1. The zero-order valence-corrected chi connectivity index (χ0v) is 11.7. The van der Waals surface area contributed by atoms with Gasteiger partial charge in [-0.25, -0.2) is 0 Å². The van der Waals surface area contributed by atoms with Gasteiger partial charge in [-0.05, 0) is 30.7 Å². The van der Waals surface area contributed by atoms with Crippen molar-refractivity contribution in [1.29, 1.82) is 0 Å². The summed E-state index contributed by atoms with van der Waals surface area (Å²) < 4.78 is 5.55. The topological polar surface area (TPSA) is 42.4 Å². The lowest BCUT2D eigenvalue weighted by Gasteiger charge is -2.17. The molecule has 4 nitrogen and oxygen atoms in total. The molecule has 0 spiro atoms. The van der Waals surface area contributed by atoms with E-state index in [0.29, 0.717) is 6.54 Å². The fourth-order valence-corrected chi connectivity index (χ4v) is 1.79. The van der Waals surface area contributed by atoms with E-state index >= 15 is 0 Å². The highest BCUT2D eigenvalue weighted by atomic mass is 16.5. The first-order valence-electron chi connectivity index (χ1n) is 6.49. The van der Waals surface area contributed by atoms with Gasteiger partial charge in [-0.2, -0.15) is 0 Å². The van der Waals surface area contributed by atoms with Crippen LogP contribution in [0.1, 0.15) is 11.3 Å². The molecule has 0 aliphatic heterocycles. The fourth-order valence-electron chi connectivity index (χ4n) is 1.79. The van der Waals surface area contributed by atoms with Crippen LogP contribution in [-0.2, 0) is 11.3 Å². The molecule has 0 aliphatic rings. The number of nitrogens with zero attached hydrogens (tertiary/aromatic N) is 2. The number of aromatic nitrogens is 1. The third-order valence-corrected chi connectivity index (χ3v) is 3.00. The zero-order chi connectivity index (χ0) is 14.4. The average Bonchev–Trinajstić information content (AvgIpc) is 2.47. The van der Waals surface area contributed by atoms with E-state index in [1.54, 1.807) is 18.1 Å². The second kappa shape index (κ2) is 6.70. The summed E-state index contributed by atoms with van der Waals surface area (Å²) in [5.41, 5.74) is 1.88. The summed E-state index contributed by atoms with van der Waals surface area (Å²) in [6.07, 6.45) is 1.72. The third kappa shape index (κ3) is 3.82. The second-order valence-electron chi connectivity index (χ2n) is 4.63. The van der Waals surface area contributed by atoms with Gasteiger partial charge in [0.2, 0.25) is 0 Å². The van der Waals surface area contributed by atoms with E-state index in [0.717, 1.165) is 17.0 Å². The number of hydrogen-bond donors (Lipinski definition) is 0. The summed E-state index contributed by atoms with van der Waals surface area (Å²) in [5.74, 6) is 0.672. The predicted molar refractivity (Wildman–Crippen MR) is 77.4 cm³/mol. The Morgan fingerprint density at radius 3 is 2.65 bits per heavy atom. The number of para-hydroxylation sites is 1. The molecule has 1 heterocycles. The van der Waals surface area contributed by atoms with Crippen LogP contribution in [0.15, 0.2) is 48.7 Å². The standard InChI is InChI=1S/C16H18N2O2/c1-13-7-3-4-9-15(13)20-12-16(19)18(2)11-14-8-5-6-10-17-14/h3-10H,11-12H2,1-2H3. The molecule has 0 bridgehead atoms. The zero-order valence-electron chi connectivity index (χ0n) is 11.7. The van der Waals surface area contributed by atoms with E-state index in [-0.39, 0.29) is 12.5 Å². The van der Waals surface area contributed by atoms with Crippen molar-refractivity contribution < 1.29 is 9.53 Å². The summed E-state index contributed by atoms with van der Waals surface area (Å²) in [7, 11) is 1.75. The van der Waals surface area contributed by atoms with Gasteiger partial charge >= 0.3 is 0 Å². The molecule has 0 unspecified atom stereocenters. The summed E-state index contributed by atoms with van der Waals surface area (Å²) in [5, 5.41) is 0. The van der Waals surface area contributed by atoms with Gasteiger partial charge in [0, 0.05) is 13.2 Å². The maximum atomic E-state index is 12.0. The highest BCUT2D eigenvalue weighted by Crippen LogP contribution is 2.16. The average molecular weight is 270 g/mol. The number of rotatable bonds is 5. The molecule has 0 saturated heterocycles. The van der Waals surface area contributed by atoms with Gasteiger partial charge in [-0.15, -0.1) is 0 Å². The molecule has 2 aromatic rings. The molecule has 0 radical (unpaired) electrons. The number of likely N-dealkylation sites (N-methyl/N-ethyl adjacent to an activating group) is 1. The fraction of sp³-hybridized carbons (Fsp3) is 0.250. The second-order valence-corrected chi connectivity index (χ2v) is 4.63. The molecule has 1 aromatic carbocycles. The molecule has 0 N–H and O–H groups in total. The lowest BCUT2D eigenvalue weighted by atomic mass is 10.2. The van der Waals surface area contributed by atoms with Gasteiger partial charge in [0.05, 0.1) is 12.2 Å². The summed E-state index contributed by atoms with van der Waals surface area (Å²) in [6, 6.07) is 13.3. The SMILES string of the molecule is Cc1ccccc1OCC(=O)N(C)Cc1ccccn1. The van der Waals surface area contributed by atoms with Gasteiger partial charge < -0.3 is 9.64 Å². The van der Waals surface area contributed by atoms with Crippen molar-refractivity contribution in [2.24, 2.45) is 0 Å². The van der Waals surface area contributed by atoms with E-state index in [1.807, 2.05) is 49.4 Å². The van der Waals surface area contributed by atoms with Crippen molar-refractivity contribution in [3.05, 3.63) is 59.9 Å². The van der Waals surface area contributed by atoms with Crippen molar-refractivity contribution in [3.8, 4) is 5.75 Å². The van der Waals surface area contributed by atoms with E-state index in [1.165, 1.54) is 0 Å². The highest BCUT2D eigenvalue weighted by molar-refractivity contribution is 5.77. The largest absolute Gasteiger partial charge is 0.484 e. The van der Waals surface area contributed by atoms with Crippen molar-refractivity contribution in [3.63, 3.8) is 0 Å². The minimum Gasteiger partial charge on any atom is -0.484 e. The van der Waals surface area contributed by atoms with Gasteiger partial charge in [-0.3, -0.25) is 9.78 Å². The maximum Gasteiger partial charge on any atom is 0.260 e. The molecule has 104 valence electrons. The molecule has 0 saturated carbocycles. The summed E-state index contributed by atoms with van der Waals surface area (Å²) in [6.45, 7) is 2.47. The Labute approximate surface area is 119 Å². The number of carbonyl (C=O) groups excluding carboxylic acids is 1. The van der Waals surface area contributed by atoms with Crippen LogP contribution in [0.25, 0.3) is 0 Å². The number of amides is 1. The summed E-state index contributed by atoms with van der Waals surface area (Å²) in [4.78, 5) is 17.8. The van der Waals surface area contributed by atoms with Crippen molar-refractivity contribution in [1.82, 2.24) is 9.88 Å². The highest BCUT2D eigenvalue weighted by Gasteiger charge is 2.11. The Kier molecular flexibility index (Phi) is 4.71. The van der Waals surface area contributed by atoms with Crippen LogP contribution in [0.5, 0.6) is 5.75 Å². The van der Waals surface area contributed by atoms with Gasteiger partial charge in [0.1, 0.15) is 5.75 Å². The molecule has 1 amide bonds. The number of carbonyl (C=O) groups is 1. The number of ether oxygens (including phenoxy) is 1. The quantitative estimate of drug-likeness (QED) is 0.838. The minimum absolute atomic E-state index is 0.0359. The van der Waals surface area contributed by atoms with Gasteiger partial charge in [0.15, 0.2) is 6.61 Å². The van der Waals surface area contributed by atoms with Crippen LogP contribution < -0.4 is 4.74 Å².